The highest BCUT2D eigenvalue weighted by atomic mass is 16.5. The number of hydrogen-bond acceptors (Lipinski definition) is 4. The lowest BCUT2D eigenvalue weighted by atomic mass is 10.0. The van der Waals surface area contributed by atoms with E-state index >= 15 is 0 Å². The summed E-state index contributed by atoms with van der Waals surface area (Å²) in [4.78, 5) is 25.6. The maximum atomic E-state index is 12.6. The molecule has 1 saturated heterocycles. The lowest BCUT2D eigenvalue weighted by Gasteiger charge is -2.14. The number of carbonyl (C=O) groups is 2. The summed E-state index contributed by atoms with van der Waals surface area (Å²) in [5, 5.41) is 12.1. The number of methoxy groups -OCH3 is 1. The van der Waals surface area contributed by atoms with E-state index < -0.39 is 12.0 Å². The van der Waals surface area contributed by atoms with Gasteiger partial charge in [-0.1, -0.05) is 30.3 Å². The maximum Gasteiger partial charge on any atom is 0.320 e. The van der Waals surface area contributed by atoms with Crippen molar-refractivity contribution in [3.63, 3.8) is 0 Å². The third kappa shape index (κ3) is 3.70. The summed E-state index contributed by atoms with van der Waals surface area (Å²) in [6, 6.07) is 14.2. The van der Waals surface area contributed by atoms with Crippen molar-refractivity contribution >= 4 is 11.9 Å². The van der Waals surface area contributed by atoms with Gasteiger partial charge in [-0.3, -0.25) is 14.5 Å². The number of benzene rings is 2. The second-order valence-corrected chi connectivity index (χ2v) is 6.48. The number of ether oxygens (including phenoxy) is 1. The van der Waals surface area contributed by atoms with Gasteiger partial charge in [0.05, 0.1) is 7.11 Å². The van der Waals surface area contributed by atoms with E-state index in [4.69, 9.17) is 4.74 Å². The van der Waals surface area contributed by atoms with E-state index in [0.29, 0.717) is 18.5 Å². The molecule has 1 amide bonds. The zero-order chi connectivity index (χ0) is 18.7. The summed E-state index contributed by atoms with van der Waals surface area (Å²) in [5.41, 5.74) is 2.34. The average Bonchev–Trinajstić information content (AvgIpc) is 3.02. The third-order valence-corrected chi connectivity index (χ3v) is 4.71. The fourth-order valence-electron chi connectivity index (χ4n) is 3.37. The largest absolute Gasteiger partial charge is 0.496 e. The molecule has 1 aliphatic rings. The first-order valence-electron chi connectivity index (χ1n) is 8.47. The Kier molecular flexibility index (Phi) is 5.23. The van der Waals surface area contributed by atoms with Crippen LogP contribution >= 0.6 is 0 Å². The predicted octanol–water partition coefficient (Wildman–Crippen LogP) is 2.25. The molecule has 0 bridgehead atoms. The Balaban J connectivity index is 1.76. The Hall–Kier alpha value is -2.86. The van der Waals surface area contributed by atoms with Gasteiger partial charge in [0.25, 0.3) is 5.91 Å². The highest BCUT2D eigenvalue weighted by molar-refractivity contribution is 5.96. The number of hydrogen-bond donors (Lipinski definition) is 2. The number of nitrogens with zero attached hydrogens (tertiary/aromatic N) is 1. The third-order valence-electron chi connectivity index (χ3n) is 4.71. The van der Waals surface area contributed by atoms with Crippen LogP contribution < -0.4 is 10.1 Å². The zero-order valence-corrected chi connectivity index (χ0v) is 14.8. The van der Waals surface area contributed by atoms with Crippen LogP contribution in [0.5, 0.6) is 5.75 Å². The van der Waals surface area contributed by atoms with Crippen molar-refractivity contribution in [2.24, 2.45) is 0 Å². The van der Waals surface area contributed by atoms with E-state index in [-0.39, 0.29) is 11.9 Å². The summed E-state index contributed by atoms with van der Waals surface area (Å²) in [6.45, 7) is 0.523. The van der Waals surface area contributed by atoms with Crippen molar-refractivity contribution in [3.05, 3.63) is 54.1 Å². The number of likely N-dealkylation sites (tertiary alicyclic amines) is 1. The molecular weight excluding hydrogens is 332 g/mol. The molecule has 0 aliphatic carbocycles. The minimum absolute atomic E-state index is 0.177. The number of likely N-dealkylation sites (N-methyl/N-ethyl adjacent to an activating group) is 1. The highest BCUT2D eigenvalue weighted by Gasteiger charge is 2.35. The molecular formula is C20H22N2O4. The minimum atomic E-state index is -0.859. The molecule has 26 heavy (non-hydrogen) atoms. The monoisotopic (exact) mass is 354 g/mol. The zero-order valence-electron chi connectivity index (χ0n) is 14.8. The van der Waals surface area contributed by atoms with Crippen molar-refractivity contribution in [2.45, 2.75) is 18.5 Å². The molecule has 0 unspecified atom stereocenters. The molecule has 3 rings (SSSR count). The Labute approximate surface area is 152 Å². The first kappa shape index (κ1) is 17.9. The summed E-state index contributed by atoms with van der Waals surface area (Å²) >= 11 is 0. The molecule has 0 spiro atoms. The van der Waals surface area contributed by atoms with Gasteiger partial charge in [-0.15, -0.1) is 0 Å². The minimum Gasteiger partial charge on any atom is -0.496 e. The van der Waals surface area contributed by atoms with Gasteiger partial charge in [0.1, 0.15) is 11.8 Å². The Bertz CT molecular complexity index is 821. The lowest BCUT2D eigenvalue weighted by molar-refractivity contribution is -0.141. The van der Waals surface area contributed by atoms with Crippen LogP contribution in [0.25, 0.3) is 11.1 Å². The van der Waals surface area contributed by atoms with Gasteiger partial charge in [0, 0.05) is 23.7 Å². The smallest absolute Gasteiger partial charge is 0.320 e. The van der Waals surface area contributed by atoms with Crippen LogP contribution in [0.1, 0.15) is 16.8 Å². The average molecular weight is 354 g/mol. The van der Waals surface area contributed by atoms with E-state index in [1.807, 2.05) is 42.5 Å². The van der Waals surface area contributed by atoms with E-state index in [2.05, 4.69) is 5.32 Å². The molecule has 2 atom stereocenters. The summed E-state index contributed by atoms with van der Waals surface area (Å²) in [6.07, 6.45) is 0.407. The molecule has 6 heteroatoms. The first-order chi connectivity index (χ1) is 12.5. The molecule has 1 fully saturated rings. The van der Waals surface area contributed by atoms with Gasteiger partial charge >= 0.3 is 5.97 Å². The molecule has 2 aromatic carbocycles. The van der Waals surface area contributed by atoms with Crippen LogP contribution in [0.3, 0.4) is 0 Å². The van der Waals surface area contributed by atoms with Crippen LogP contribution in [0.4, 0.5) is 0 Å². The van der Waals surface area contributed by atoms with Crippen molar-refractivity contribution in [1.29, 1.82) is 0 Å². The Morgan fingerprint density at radius 1 is 1.19 bits per heavy atom. The molecule has 136 valence electrons. The second-order valence-electron chi connectivity index (χ2n) is 6.48. The van der Waals surface area contributed by atoms with E-state index in [9.17, 15) is 14.7 Å². The van der Waals surface area contributed by atoms with Gasteiger partial charge in [0.15, 0.2) is 0 Å². The van der Waals surface area contributed by atoms with Crippen LogP contribution in [0, 0.1) is 0 Å². The number of aliphatic carboxylic acids is 1. The van der Waals surface area contributed by atoms with Crippen molar-refractivity contribution in [1.82, 2.24) is 10.2 Å². The molecule has 0 radical (unpaired) electrons. The van der Waals surface area contributed by atoms with Crippen molar-refractivity contribution < 1.29 is 19.4 Å². The topological polar surface area (TPSA) is 78.9 Å². The Morgan fingerprint density at radius 3 is 2.65 bits per heavy atom. The molecule has 1 heterocycles. The number of carboxylic acids is 1. The van der Waals surface area contributed by atoms with Crippen LogP contribution in [-0.2, 0) is 4.79 Å². The van der Waals surface area contributed by atoms with Crippen LogP contribution in [0.15, 0.2) is 48.5 Å². The summed E-state index contributed by atoms with van der Waals surface area (Å²) in [5.74, 6) is -0.319. The fraction of sp³-hybridized carbons (Fsp3) is 0.300. The number of carboxylic acid groups (broad SMARTS) is 1. The maximum absolute atomic E-state index is 12.6. The molecule has 1 aliphatic heterocycles. The quantitative estimate of drug-likeness (QED) is 0.861. The van der Waals surface area contributed by atoms with Crippen LogP contribution in [-0.4, -0.2) is 54.7 Å². The number of para-hydroxylation sites is 1. The fourth-order valence-corrected chi connectivity index (χ4v) is 3.37. The van der Waals surface area contributed by atoms with Crippen molar-refractivity contribution in [2.75, 3.05) is 20.7 Å². The van der Waals surface area contributed by atoms with E-state index in [1.54, 1.807) is 25.1 Å². The first-order valence-corrected chi connectivity index (χ1v) is 8.47. The normalized spacial score (nSPS) is 19.9. The summed E-state index contributed by atoms with van der Waals surface area (Å²) in [7, 11) is 3.37. The molecule has 2 aromatic rings. The van der Waals surface area contributed by atoms with Crippen LogP contribution in [0.2, 0.25) is 0 Å². The standard InChI is InChI=1S/C20H22N2O4/c1-22-12-15(11-17(22)20(24)25)21-19(23)14-7-5-6-13(10-14)16-8-3-4-9-18(16)26-2/h3-10,15,17H,11-12H2,1-2H3,(H,21,23)(H,24,25)/t15-,17-/m0/s1. The Morgan fingerprint density at radius 2 is 1.96 bits per heavy atom. The number of carbonyl (C=O) groups excluding carboxylic acids is 1. The summed E-state index contributed by atoms with van der Waals surface area (Å²) < 4.78 is 5.39. The molecule has 0 aromatic heterocycles. The van der Waals surface area contributed by atoms with Gasteiger partial charge in [-0.05, 0) is 37.2 Å². The lowest BCUT2D eigenvalue weighted by Crippen LogP contribution is -2.36. The molecule has 6 nitrogen and oxygen atoms in total. The van der Waals surface area contributed by atoms with E-state index in [1.165, 1.54) is 0 Å². The van der Waals surface area contributed by atoms with Crippen molar-refractivity contribution in [3.8, 4) is 16.9 Å². The van der Waals surface area contributed by atoms with Gasteiger partial charge < -0.3 is 15.2 Å². The van der Waals surface area contributed by atoms with E-state index in [0.717, 1.165) is 16.9 Å². The number of nitrogens with one attached hydrogen (secondary N) is 1. The molecule has 2 N–H and O–H groups in total. The van der Waals surface area contributed by atoms with Gasteiger partial charge in [-0.25, -0.2) is 0 Å². The molecule has 0 saturated carbocycles. The highest BCUT2D eigenvalue weighted by Crippen LogP contribution is 2.30. The number of rotatable bonds is 5. The number of amides is 1. The van der Waals surface area contributed by atoms with Gasteiger partial charge in [-0.2, -0.15) is 0 Å². The van der Waals surface area contributed by atoms with Gasteiger partial charge in [0.2, 0.25) is 0 Å². The predicted molar refractivity (Wildman–Crippen MR) is 98.4 cm³/mol. The second kappa shape index (κ2) is 7.58. The SMILES string of the molecule is COc1ccccc1-c1cccc(C(=O)N[C@H]2C[C@@H](C(=O)O)N(C)C2)c1.